The van der Waals surface area contributed by atoms with Crippen LogP contribution in [0.1, 0.15) is 31.4 Å². The Morgan fingerprint density at radius 2 is 2.12 bits per heavy atom. The standard InChI is InChI=1S/C14H21NO/c1-11-6-5-7-14(8-11)10-15(4)12(2)9-13(3)16/h5-8,12H,9-10H2,1-4H3. The van der Waals surface area contributed by atoms with Crippen LogP contribution in [-0.2, 0) is 11.3 Å². The van der Waals surface area contributed by atoms with Crippen LogP contribution in [0.15, 0.2) is 24.3 Å². The molecule has 1 rings (SSSR count). The third kappa shape index (κ3) is 4.15. The molecular formula is C14H21NO. The number of nitrogens with zero attached hydrogens (tertiary/aromatic N) is 1. The summed E-state index contributed by atoms with van der Waals surface area (Å²) in [5.74, 6) is 0.253. The molecule has 88 valence electrons. The Labute approximate surface area is 98.3 Å². The SMILES string of the molecule is CC(=O)CC(C)N(C)Cc1cccc(C)c1. The fourth-order valence-corrected chi connectivity index (χ4v) is 1.83. The monoisotopic (exact) mass is 219 g/mol. The van der Waals surface area contributed by atoms with E-state index < -0.39 is 0 Å². The Morgan fingerprint density at radius 1 is 1.44 bits per heavy atom. The predicted molar refractivity (Wildman–Crippen MR) is 67.4 cm³/mol. The summed E-state index contributed by atoms with van der Waals surface area (Å²) in [6, 6.07) is 8.80. The number of aryl methyl sites for hydroxylation is 1. The average molecular weight is 219 g/mol. The largest absolute Gasteiger partial charge is 0.300 e. The van der Waals surface area contributed by atoms with Crippen molar-refractivity contribution in [1.29, 1.82) is 0 Å². The molecule has 0 bridgehead atoms. The van der Waals surface area contributed by atoms with Gasteiger partial charge in [-0.1, -0.05) is 29.8 Å². The van der Waals surface area contributed by atoms with Gasteiger partial charge in [-0.05, 0) is 33.4 Å². The lowest BCUT2D eigenvalue weighted by molar-refractivity contribution is -0.118. The van der Waals surface area contributed by atoms with Gasteiger partial charge in [-0.25, -0.2) is 0 Å². The first kappa shape index (κ1) is 12.9. The third-order valence-corrected chi connectivity index (χ3v) is 2.85. The van der Waals surface area contributed by atoms with E-state index in [4.69, 9.17) is 0 Å². The molecule has 0 radical (unpaired) electrons. The van der Waals surface area contributed by atoms with Gasteiger partial charge < -0.3 is 0 Å². The minimum absolute atomic E-state index is 0.253. The van der Waals surface area contributed by atoms with Gasteiger partial charge >= 0.3 is 0 Å². The summed E-state index contributed by atoms with van der Waals surface area (Å²) in [6.07, 6.45) is 0.627. The molecule has 0 aromatic heterocycles. The minimum Gasteiger partial charge on any atom is -0.300 e. The highest BCUT2D eigenvalue weighted by Crippen LogP contribution is 2.10. The summed E-state index contributed by atoms with van der Waals surface area (Å²) in [5, 5.41) is 0. The fraction of sp³-hybridized carbons (Fsp3) is 0.500. The molecular weight excluding hydrogens is 198 g/mol. The number of carbonyl (C=O) groups is 1. The molecule has 0 saturated heterocycles. The first-order valence-electron chi connectivity index (χ1n) is 5.74. The maximum Gasteiger partial charge on any atom is 0.131 e. The predicted octanol–water partition coefficient (Wildman–Crippen LogP) is 2.79. The molecule has 0 fully saturated rings. The summed E-state index contributed by atoms with van der Waals surface area (Å²) in [6.45, 7) is 6.74. The van der Waals surface area contributed by atoms with E-state index >= 15 is 0 Å². The van der Waals surface area contributed by atoms with Gasteiger partial charge in [0, 0.05) is 19.0 Å². The Kier molecular flexibility index (Phi) is 4.69. The molecule has 1 atom stereocenters. The van der Waals surface area contributed by atoms with Crippen LogP contribution in [0, 0.1) is 6.92 Å². The third-order valence-electron chi connectivity index (χ3n) is 2.85. The minimum atomic E-state index is 0.253. The number of benzene rings is 1. The van der Waals surface area contributed by atoms with Crippen molar-refractivity contribution in [1.82, 2.24) is 4.90 Å². The van der Waals surface area contributed by atoms with Gasteiger partial charge in [0.15, 0.2) is 0 Å². The van der Waals surface area contributed by atoms with Crippen molar-refractivity contribution in [3.8, 4) is 0 Å². The highest BCUT2D eigenvalue weighted by molar-refractivity contribution is 5.76. The van der Waals surface area contributed by atoms with Crippen molar-refractivity contribution in [3.63, 3.8) is 0 Å². The maximum atomic E-state index is 11.0. The lowest BCUT2D eigenvalue weighted by Gasteiger charge is -2.24. The van der Waals surface area contributed by atoms with Crippen LogP contribution >= 0.6 is 0 Å². The first-order valence-corrected chi connectivity index (χ1v) is 5.74. The molecule has 1 unspecified atom stereocenters. The van der Waals surface area contributed by atoms with Gasteiger partial charge in [-0.15, -0.1) is 0 Å². The molecule has 16 heavy (non-hydrogen) atoms. The lowest BCUT2D eigenvalue weighted by atomic mass is 10.1. The highest BCUT2D eigenvalue weighted by Gasteiger charge is 2.11. The second kappa shape index (κ2) is 5.80. The molecule has 0 amide bonds. The molecule has 0 aliphatic heterocycles. The zero-order chi connectivity index (χ0) is 12.1. The van der Waals surface area contributed by atoms with Crippen molar-refractivity contribution in [2.24, 2.45) is 0 Å². The molecule has 1 aromatic carbocycles. The zero-order valence-corrected chi connectivity index (χ0v) is 10.7. The van der Waals surface area contributed by atoms with Crippen molar-refractivity contribution in [3.05, 3.63) is 35.4 Å². The second-order valence-electron chi connectivity index (χ2n) is 4.66. The first-order chi connectivity index (χ1) is 7.49. The van der Waals surface area contributed by atoms with E-state index in [1.54, 1.807) is 6.92 Å². The van der Waals surface area contributed by atoms with Crippen LogP contribution in [0.3, 0.4) is 0 Å². The molecule has 0 heterocycles. The van der Waals surface area contributed by atoms with E-state index in [1.165, 1.54) is 11.1 Å². The quantitative estimate of drug-likeness (QED) is 0.759. The molecule has 0 aliphatic carbocycles. The Hall–Kier alpha value is -1.15. The van der Waals surface area contributed by atoms with Crippen LogP contribution in [0.5, 0.6) is 0 Å². The average Bonchev–Trinajstić information content (AvgIpc) is 2.16. The second-order valence-corrected chi connectivity index (χ2v) is 4.66. The molecule has 0 aliphatic rings. The van der Waals surface area contributed by atoms with E-state index in [0.29, 0.717) is 12.5 Å². The Balaban J connectivity index is 2.56. The zero-order valence-electron chi connectivity index (χ0n) is 10.7. The molecule has 0 N–H and O–H groups in total. The Morgan fingerprint density at radius 3 is 2.69 bits per heavy atom. The number of hydrogen-bond acceptors (Lipinski definition) is 2. The van der Waals surface area contributed by atoms with Crippen molar-refractivity contribution >= 4 is 5.78 Å². The molecule has 2 nitrogen and oxygen atoms in total. The summed E-state index contributed by atoms with van der Waals surface area (Å²) in [7, 11) is 2.07. The summed E-state index contributed by atoms with van der Waals surface area (Å²) < 4.78 is 0. The smallest absolute Gasteiger partial charge is 0.131 e. The van der Waals surface area contributed by atoms with Crippen LogP contribution in [0.25, 0.3) is 0 Å². The van der Waals surface area contributed by atoms with Crippen molar-refractivity contribution < 1.29 is 4.79 Å². The van der Waals surface area contributed by atoms with Gasteiger partial charge in [0.1, 0.15) is 5.78 Å². The lowest BCUT2D eigenvalue weighted by Crippen LogP contribution is -2.30. The summed E-state index contributed by atoms with van der Waals surface area (Å²) in [5.41, 5.74) is 2.59. The van der Waals surface area contributed by atoms with Crippen molar-refractivity contribution in [2.75, 3.05) is 7.05 Å². The van der Waals surface area contributed by atoms with E-state index in [2.05, 4.69) is 50.1 Å². The van der Waals surface area contributed by atoms with Crippen molar-refractivity contribution in [2.45, 2.75) is 39.8 Å². The van der Waals surface area contributed by atoms with E-state index in [9.17, 15) is 4.79 Å². The van der Waals surface area contributed by atoms with Crippen LogP contribution < -0.4 is 0 Å². The number of hydrogen-bond donors (Lipinski definition) is 0. The normalized spacial score (nSPS) is 12.8. The van der Waals surface area contributed by atoms with Gasteiger partial charge in [-0.3, -0.25) is 9.69 Å². The fourth-order valence-electron chi connectivity index (χ4n) is 1.83. The highest BCUT2D eigenvalue weighted by atomic mass is 16.1. The number of Topliss-reactive ketones (excluding diaryl/α,β-unsaturated/α-hetero) is 1. The maximum absolute atomic E-state index is 11.0. The van der Waals surface area contributed by atoms with Gasteiger partial charge in [0.25, 0.3) is 0 Å². The number of rotatable bonds is 5. The number of carbonyl (C=O) groups excluding carboxylic acids is 1. The van der Waals surface area contributed by atoms with E-state index in [-0.39, 0.29) is 5.78 Å². The van der Waals surface area contributed by atoms with Crippen LogP contribution in [0.2, 0.25) is 0 Å². The molecule has 2 heteroatoms. The van der Waals surface area contributed by atoms with E-state index in [0.717, 1.165) is 6.54 Å². The van der Waals surface area contributed by atoms with E-state index in [1.807, 2.05) is 0 Å². The Bertz CT molecular complexity index is 360. The van der Waals surface area contributed by atoms with Crippen LogP contribution in [-0.4, -0.2) is 23.8 Å². The van der Waals surface area contributed by atoms with Crippen LogP contribution in [0.4, 0.5) is 0 Å². The van der Waals surface area contributed by atoms with Gasteiger partial charge in [0.05, 0.1) is 0 Å². The summed E-state index contributed by atoms with van der Waals surface area (Å²) in [4.78, 5) is 13.3. The topological polar surface area (TPSA) is 20.3 Å². The molecule has 0 spiro atoms. The summed E-state index contributed by atoms with van der Waals surface area (Å²) >= 11 is 0. The number of ketones is 1. The van der Waals surface area contributed by atoms with Gasteiger partial charge in [-0.2, -0.15) is 0 Å². The molecule has 1 aromatic rings. The van der Waals surface area contributed by atoms with Gasteiger partial charge in [0.2, 0.25) is 0 Å². The molecule has 0 saturated carbocycles.